The fraction of sp³-hybridized carbons (Fsp3) is 0.375. The Kier molecular flexibility index (Phi) is 5.46. The van der Waals surface area contributed by atoms with Crippen molar-refractivity contribution < 1.29 is 4.79 Å². The molecule has 0 saturated carbocycles. The summed E-state index contributed by atoms with van der Waals surface area (Å²) in [6.07, 6.45) is 0.280. The highest BCUT2D eigenvalue weighted by Crippen LogP contribution is 2.23. The lowest BCUT2D eigenvalue weighted by atomic mass is 9.96. The number of rotatable bonds is 5. The molecule has 1 amide bonds. The van der Waals surface area contributed by atoms with E-state index in [-0.39, 0.29) is 17.7 Å². The second-order valence-electron chi connectivity index (χ2n) is 6.23. The molecule has 0 aliphatic rings. The molecule has 7 nitrogen and oxygen atoms in total. The van der Waals surface area contributed by atoms with Gasteiger partial charge in [0, 0.05) is 17.6 Å². The molecule has 0 aliphatic heterocycles. The fourth-order valence-corrected chi connectivity index (χ4v) is 2.82. The number of thioether (sulfide) groups is 1. The average molecular weight is 344 g/mol. The predicted octanol–water partition coefficient (Wildman–Crippen LogP) is 2.28. The number of nitrogens with two attached hydrogens (primary N) is 1. The summed E-state index contributed by atoms with van der Waals surface area (Å²) in [4.78, 5) is 12.0. The minimum Gasteiger partial charge on any atom is -0.336 e. The van der Waals surface area contributed by atoms with Crippen LogP contribution in [0.25, 0.3) is 0 Å². The first-order valence-corrected chi connectivity index (χ1v) is 8.44. The van der Waals surface area contributed by atoms with Crippen LogP contribution in [0.5, 0.6) is 0 Å². The number of nitriles is 1. The molecule has 1 heterocycles. The van der Waals surface area contributed by atoms with E-state index in [1.807, 2.05) is 26.8 Å². The summed E-state index contributed by atoms with van der Waals surface area (Å²) >= 11 is 1.37. The van der Waals surface area contributed by atoms with Gasteiger partial charge in [0.2, 0.25) is 11.1 Å². The van der Waals surface area contributed by atoms with Crippen molar-refractivity contribution in [2.45, 2.75) is 37.8 Å². The number of carbonyl (C=O) groups is 1. The molecule has 1 aromatic carbocycles. The zero-order chi connectivity index (χ0) is 17.7. The highest BCUT2D eigenvalue weighted by Gasteiger charge is 2.23. The number of hydrogen-bond acceptors (Lipinski definition) is 6. The van der Waals surface area contributed by atoms with Crippen LogP contribution in [0.2, 0.25) is 0 Å². The summed E-state index contributed by atoms with van der Waals surface area (Å²) in [5, 5.41) is 20.5. The van der Waals surface area contributed by atoms with Gasteiger partial charge in [-0.2, -0.15) is 5.26 Å². The first-order valence-electron chi connectivity index (χ1n) is 7.45. The van der Waals surface area contributed by atoms with Gasteiger partial charge in [-0.3, -0.25) is 4.79 Å². The van der Waals surface area contributed by atoms with Crippen molar-refractivity contribution in [2.75, 3.05) is 16.9 Å². The van der Waals surface area contributed by atoms with Crippen molar-refractivity contribution in [1.82, 2.24) is 14.9 Å². The molecule has 3 N–H and O–H groups in total. The summed E-state index contributed by atoms with van der Waals surface area (Å²) in [6.45, 7) is 6.03. The van der Waals surface area contributed by atoms with Crippen molar-refractivity contribution in [3.05, 3.63) is 35.7 Å². The molecule has 8 heteroatoms. The second-order valence-corrected chi connectivity index (χ2v) is 7.29. The van der Waals surface area contributed by atoms with Crippen LogP contribution in [-0.4, -0.2) is 26.5 Å². The quantitative estimate of drug-likeness (QED) is 0.636. The molecule has 0 bridgehead atoms. The summed E-state index contributed by atoms with van der Waals surface area (Å²) in [5.41, 5.74) is 0.765. The maximum atomic E-state index is 12.0. The zero-order valence-electron chi connectivity index (χ0n) is 13.9. The van der Waals surface area contributed by atoms with Gasteiger partial charge in [-0.25, -0.2) is 4.68 Å². The molecule has 2 rings (SSSR count). The van der Waals surface area contributed by atoms with E-state index >= 15 is 0 Å². The van der Waals surface area contributed by atoms with E-state index in [0.29, 0.717) is 28.0 Å². The summed E-state index contributed by atoms with van der Waals surface area (Å²) in [6, 6.07) is 8.94. The Hall–Kier alpha value is -2.53. The Labute approximate surface area is 145 Å². The third kappa shape index (κ3) is 4.26. The zero-order valence-corrected chi connectivity index (χ0v) is 14.7. The lowest BCUT2D eigenvalue weighted by Gasteiger charge is -2.16. The minimum atomic E-state index is -0.195. The smallest absolute Gasteiger partial charge is 0.225 e. The van der Waals surface area contributed by atoms with Gasteiger partial charge in [0.05, 0.1) is 11.3 Å². The van der Waals surface area contributed by atoms with Crippen molar-refractivity contribution in [2.24, 2.45) is 0 Å². The van der Waals surface area contributed by atoms with E-state index in [0.717, 1.165) is 0 Å². The van der Waals surface area contributed by atoms with Gasteiger partial charge in [-0.15, -0.1) is 10.2 Å². The maximum Gasteiger partial charge on any atom is 0.225 e. The molecule has 24 heavy (non-hydrogen) atoms. The molecule has 0 unspecified atom stereocenters. The topological polar surface area (TPSA) is 110 Å². The van der Waals surface area contributed by atoms with Crippen LogP contribution >= 0.6 is 11.8 Å². The molecule has 0 saturated heterocycles. The largest absolute Gasteiger partial charge is 0.336 e. The first-order chi connectivity index (χ1) is 11.3. The van der Waals surface area contributed by atoms with E-state index in [4.69, 9.17) is 11.1 Å². The van der Waals surface area contributed by atoms with E-state index in [1.54, 1.807) is 24.3 Å². The van der Waals surface area contributed by atoms with Gasteiger partial charge < -0.3 is 11.2 Å². The van der Waals surface area contributed by atoms with E-state index in [9.17, 15) is 4.79 Å². The summed E-state index contributed by atoms with van der Waals surface area (Å²) < 4.78 is 1.47. The Balaban J connectivity index is 1.90. The SMILES string of the molecule is CC(C)(C)c1nnc(SCCC(=O)Nc2ccccc2C#N)n1N. The molecule has 126 valence electrons. The number of nitrogen functional groups attached to an aromatic ring is 1. The lowest BCUT2D eigenvalue weighted by Crippen LogP contribution is -2.24. The molecular formula is C16H20N6OS. The van der Waals surface area contributed by atoms with Crippen molar-refractivity contribution in [3.63, 3.8) is 0 Å². The third-order valence-corrected chi connectivity index (χ3v) is 4.16. The van der Waals surface area contributed by atoms with Crippen molar-refractivity contribution in [1.29, 1.82) is 5.26 Å². The number of para-hydroxylation sites is 1. The maximum absolute atomic E-state index is 12.0. The van der Waals surface area contributed by atoms with Gasteiger partial charge in [-0.05, 0) is 12.1 Å². The summed E-state index contributed by atoms with van der Waals surface area (Å²) in [7, 11) is 0. The van der Waals surface area contributed by atoms with Crippen LogP contribution in [0, 0.1) is 11.3 Å². The number of anilines is 1. The number of nitrogens with one attached hydrogen (secondary N) is 1. The van der Waals surface area contributed by atoms with Crippen LogP contribution in [0.1, 0.15) is 38.6 Å². The molecule has 0 atom stereocenters. The highest BCUT2D eigenvalue weighted by atomic mass is 32.2. The van der Waals surface area contributed by atoms with Gasteiger partial charge in [0.15, 0.2) is 5.82 Å². The van der Waals surface area contributed by atoms with Crippen LogP contribution in [-0.2, 0) is 10.2 Å². The van der Waals surface area contributed by atoms with E-state index in [2.05, 4.69) is 15.5 Å². The average Bonchev–Trinajstić information content (AvgIpc) is 2.89. The number of aromatic nitrogens is 3. The fourth-order valence-electron chi connectivity index (χ4n) is 2.02. The third-order valence-electron chi connectivity index (χ3n) is 3.22. The molecule has 1 aromatic heterocycles. The van der Waals surface area contributed by atoms with Gasteiger partial charge in [0.1, 0.15) is 6.07 Å². The van der Waals surface area contributed by atoms with Gasteiger partial charge in [-0.1, -0.05) is 44.7 Å². The second kappa shape index (κ2) is 7.36. The number of hydrogen-bond donors (Lipinski definition) is 2. The van der Waals surface area contributed by atoms with Crippen LogP contribution < -0.4 is 11.2 Å². The van der Waals surface area contributed by atoms with E-state index < -0.39 is 0 Å². The monoisotopic (exact) mass is 344 g/mol. The van der Waals surface area contributed by atoms with Crippen molar-refractivity contribution in [3.8, 4) is 6.07 Å². The number of nitrogens with zero attached hydrogens (tertiary/aromatic N) is 4. The predicted molar refractivity (Wildman–Crippen MR) is 94.0 cm³/mol. The highest BCUT2D eigenvalue weighted by molar-refractivity contribution is 7.99. The number of benzene rings is 1. The Morgan fingerprint density at radius 3 is 2.71 bits per heavy atom. The number of carbonyl (C=O) groups excluding carboxylic acids is 1. The first kappa shape index (κ1) is 17.8. The minimum absolute atomic E-state index is 0.163. The Morgan fingerprint density at radius 1 is 1.38 bits per heavy atom. The van der Waals surface area contributed by atoms with Gasteiger partial charge in [0.25, 0.3) is 0 Å². The van der Waals surface area contributed by atoms with Crippen LogP contribution in [0.3, 0.4) is 0 Å². The van der Waals surface area contributed by atoms with Crippen molar-refractivity contribution >= 4 is 23.4 Å². The molecule has 0 aliphatic carbocycles. The van der Waals surface area contributed by atoms with Crippen LogP contribution in [0.4, 0.5) is 5.69 Å². The lowest BCUT2D eigenvalue weighted by molar-refractivity contribution is -0.115. The number of amides is 1. The van der Waals surface area contributed by atoms with Crippen LogP contribution in [0.15, 0.2) is 29.4 Å². The Morgan fingerprint density at radius 2 is 2.08 bits per heavy atom. The Bertz CT molecular complexity index is 772. The molecule has 0 fully saturated rings. The molecular weight excluding hydrogens is 324 g/mol. The summed E-state index contributed by atoms with van der Waals surface area (Å²) in [5.74, 6) is 7.05. The van der Waals surface area contributed by atoms with E-state index in [1.165, 1.54) is 16.4 Å². The molecule has 2 aromatic rings. The normalized spacial score (nSPS) is 11.1. The van der Waals surface area contributed by atoms with Gasteiger partial charge >= 0.3 is 0 Å². The standard InChI is InChI=1S/C16H20N6OS/c1-16(2,3)14-20-21-15(22(14)18)24-9-8-13(23)19-12-7-5-4-6-11(12)10-17/h4-7H,8-9,18H2,1-3H3,(H,19,23). The molecule has 0 radical (unpaired) electrons. The molecule has 0 spiro atoms.